The molecule has 0 unspecified atom stereocenters. The lowest BCUT2D eigenvalue weighted by Gasteiger charge is -2.11. The van der Waals surface area contributed by atoms with Gasteiger partial charge in [-0.3, -0.25) is 0 Å². The Morgan fingerprint density at radius 1 is 1.08 bits per heavy atom. The molecule has 0 aliphatic carbocycles. The number of carboxylic acid groups (broad SMARTS) is 1. The van der Waals surface area contributed by atoms with Gasteiger partial charge in [0.1, 0.15) is 0 Å². The van der Waals surface area contributed by atoms with Gasteiger partial charge in [-0.25, -0.2) is 4.79 Å². The Bertz CT molecular complexity index is 698. The van der Waals surface area contributed by atoms with Crippen LogP contribution in [-0.2, 0) is 0 Å². The maximum absolute atomic E-state index is 11.2. The van der Waals surface area contributed by atoms with Crippen LogP contribution in [0.25, 0.3) is 0 Å². The van der Waals surface area contributed by atoms with Crippen LogP contribution in [-0.4, -0.2) is 17.6 Å². The van der Waals surface area contributed by atoms with Gasteiger partial charge in [-0.1, -0.05) is 52.6 Å². The molecule has 0 saturated carbocycles. The minimum atomic E-state index is -0.946. The largest absolute Gasteiger partial charge is 0.478 e. The Morgan fingerprint density at radius 2 is 1.73 bits per heavy atom. The third kappa shape index (κ3) is 8.39. The van der Waals surface area contributed by atoms with Gasteiger partial charge in [-0.15, -0.1) is 0 Å². The second-order valence-electron chi connectivity index (χ2n) is 6.80. The van der Waals surface area contributed by atoms with Crippen LogP contribution in [0, 0.1) is 0 Å². The molecular weight excluding hydrogens is 346 g/mol. The molecule has 2 N–H and O–H groups in total. The number of benzene rings is 1. The standard InChI is InChI=1S/C22H30ClNO2/c1-16(2)9-7-10-17(3)11-8-12-18(4)20(23)15-24-21-14-6-5-13-19(21)22(25)26/h5-6,9,11,13-14,24H,7-8,10,12,15H2,1-4H3,(H,25,26). The molecule has 26 heavy (non-hydrogen) atoms. The number of rotatable bonds is 10. The second-order valence-corrected chi connectivity index (χ2v) is 7.26. The summed E-state index contributed by atoms with van der Waals surface area (Å²) in [5, 5.41) is 13.1. The summed E-state index contributed by atoms with van der Waals surface area (Å²) >= 11 is 6.39. The number of hydrogen-bond acceptors (Lipinski definition) is 2. The lowest BCUT2D eigenvalue weighted by atomic mass is 10.1. The third-order valence-corrected chi connectivity index (χ3v) is 4.61. The summed E-state index contributed by atoms with van der Waals surface area (Å²) in [5.74, 6) is -0.946. The van der Waals surface area contributed by atoms with E-state index in [-0.39, 0.29) is 5.56 Å². The molecule has 0 aromatic heterocycles. The van der Waals surface area contributed by atoms with Crippen LogP contribution in [0.3, 0.4) is 0 Å². The highest BCUT2D eigenvalue weighted by molar-refractivity contribution is 6.30. The molecule has 0 aliphatic heterocycles. The van der Waals surface area contributed by atoms with E-state index in [4.69, 9.17) is 11.6 Å². The van der Waals surface area contributed by atoms with Gasteiger partial charge in [0, 0.05) is 10.7 Å². The fourth-order valence-electron chi connectivity index (χ4n) is 2.51. The van der Waals surface area contributed by atoms with Gasteiger partial charge in [-0.05, 0) is 65.5 Å². The maximum Gasteiger partial charge on any atom is 0.337 e. The molecule has 4 heteroatoms. The normalized spacial score (nSPS) is 12.4. The van der Waals surface area contributed by atoms with Crippen molar-refractivity contribution in [3.8, 4) is 0 Å². The van der Waals surface area contributed by atoms with Gasteiger partial charge in [0.2, 0.25) is 0 Å². The number of halogens is 1. The number of para-hydroxylation sites is 1. The van der Waals surface area contributed by atoms with Crippen molar-refractivity contribution in [2.75, 3.05) is 11.9 Å². The average molecular weight is 376 g/mol. The van der Waals surface area contributed by atoms with Crippen molar-refractivity contribution >= 4 is 23.3 Å². The lowest BCUT2D eigenvalue weighted by molar-refractivity contribution is 0.0698. The number of aromatic carboxylic acids is 1. The number of allylic oxidation sites excluding steroid dienone is 5. The van der Waals surface area contributed by atoms with Crippen molar-refractivity contribution < 1.29 is 9.90 Å². The minimum absolute atomic E-state index is 0.254. The van der Waals surface area contributed by atoms with Crippen LogP contribution < -0.4 is 5.32 Å². The highest BCUT2D eigenvalue weighted by atomic mass is 35.5. The van der Waals surface area contributed by atoms with Gasteiger partial charge < -0.3 is 10.4 Å². The molecule has 0 bridgehead atoms. The Hall–Kier alpha value is -2.00. The zero-order valence-electron chi connectivity index (χ0n) is 16.2. The minimum Gasteiger partial charge on any atom is -0.478 e. The quantitative estimate of drug-likeness (QED) is 0.443. The monoisotopic (exact) mass is 375 g/mol. The first-order valence-electron chi connectivity index (χ1n) is 9.00. The van der Waals surface area contributed by atoms with E-state index in [1.165, 1.54) is 11.1 Å². The Morgan fingerprint density at radius 3 is 2.38 bits per heavy atom. The van der Waals surface area contributed by atoms with E-state index in [0.29, 0.717) is 12.2 Å². The molecule has 0 radical (unpaired) electrons. The molecule has 0 amide bonds. The second kappa shape index (κ2) is 11.6. The van der Waals surface area contributed by atoms with E-state index >= 15 is 0 Å². The molecule has 1 aromatic carbocycles. The summed E-state index contributed by atoms with van der Waals surface area (Å²) in [4.78, 5) is 11.2. The summed E-state index contributed by atoms with van der Waals surface area (Å²) < 4.78 is 0. The number of anilines is 1. The molecule has 1 aromatic rings. The first-order chi connectivity index (χ1) is 12.3. The molecule has 0 aliphatic rings. The highest BCUT2D eigenvalue weighted by Gasteiger charge is 2.09. The Balaban J connectivity index is 2.52. The predicted molar refractivity (Wildman–Crippen MR) is 112 cm³/mol. The van der Waals surface area contributed by atoms with Gasteiger partial charge >= 0.3 is 5.97 Å². The van der Waals surface area contributed by atoms with E-state index in [1.807, 2.05) is 13.0 Å². The smallest absolute Gasteiger partial charge is 0.337 e. The molecular formula is C22H30ClNO2. The molecule has 0 heterocycles. The fraction of sp³-hybridized carbons (Fsp3) is 0.409. The molecule has 0 atom stereocenters. The van der Waals surface area contributed by atoms with Crippen LogP contribution in [0.15, 0.2) is 58.2 Å². The van der Waals surface area contributed by atoms with E-state index < -0.39 is 5.97 Å². The van der Waals surface area contributed by atoms with E-state index in [0.717, 1.165) is 36.3 Å². The van der Waals surface area contributed by atoms with Crippen molar-refractivity contribution in [3.63, 3.8) is 0 Å². The van der Waals surface area contributed by atoms with Gasteiger partial charge in [0.15, 0.2) is 0 Å². The van der Waals surface area contributed by atoms with Crippen LogP contribution in [0.4, 0.5) is 5.69 Å². The van der Waals surface area contributed by atoms with Gasteiger partial charge in [0.05, 0.1) is 12.1 Å². The maximum atomic E-state index is 11.2. The molecule has 0 fully saturated rings. The number of nitrogens with one attached hydrogen (secondary N) is 1. The van der Waals surface area contributed by atoms with E-state index in [2.05, 4.69) is 38.2 Å². The first-order valence-corrected chi connectivity index (χ1v) is 9.38. The van der Waals surface area contributed by atoms with Crippen molar-refractivity contribution in [1.82, 2.24) is 0 Å². The van der Waals surface area contributed by atoms with Crippen molar-refractivity contribution in [2.45, 2.75) is 53.4 Å². The summed E-state index contributed by atoms with van der Waals surface area (Å²) in [6.07, 6.45) is 8.59. The molecule has 0 spiro atoms. The average Bonchev–Trinajstić information content (AvgIpc) is 2.59. The fourth-order valence-corrected chi connectivity index (χ4v) is 2.67. The zero-order valence-corrected chi connectivity index (χ0v) is 17.0. The predicted octanol–water partition coefficient (Wildman–Crippen LogP) is 6.78. The van der Waals surface area contributed by atoms with Crippen molar-refractivity contribution in [2.24, 2.45) is 0 Å². The van der Waals surface area contributed by atoms with Crippen LogP contribution in [0.2, 0.25) is 0 Å². The number of carboxylic acids is 1. The van der Waals surface area contributed by atoms with E-state index in [9.17, 15) is 9.90 Å². The third-order valence-electron chi connectivity index (χ3n) is 4.16. The topological polar surface area (TPSA) is 49.3 Å². The number of carbonyl (C=O) groups is 1. The Labute approximate surface area is 162 Å². The summed E-state index contributed by atoms with van der Waals surface area (Å²) in [6.45, 7) is 8.88. The summed E-state index contributed by atoms with van der Waals surface area (Å²) in [6, 6.07) is 6.85. The van der Waals surface area contributed by atoms with Crippen LogP contribution in [0.5, 0.6) is 0 Å². The SMILES string of the molecule is CC(C)=CCCC(C)=CCCC(C)=C(Cl)CNc1ccccc1C(=O)O. The van der Waals surface area contributed by atoms with Crippen LogP contribution >= 0.6 is 11.6 Å². The molecule has 142 valence electrons. The van der Waals surface area contributed by atoms with Gasteiger partial charge in [-0.2, -0.15) is 0 Å². The Kier molecular flexibility index (Phi) is 9.82. The highest BCUT2D eigenvalue weighted by Crippen LogP contribution is 2.20. The van der Waals surface area contributed by atoms with Gasteiger partial charge in [0.25, 0.3) is 0 Å². The van der Waals surface area contributed by atoms with Crippen molar-refractivity contribution in [1.29, 1.82) is 0 Å². The molecule has 3 nitrogen and oxygen atoms in total. The van der Waals surface area contributed by atoms with Crippen molar-refractivity contribution in [3.05, 3.63) is 63.7 Å². The molecule has 0 saturated heterocycles. The summed E-state index contributed by atoms with van der Waals surface area (Å²) in [5.41, 5.74) is 4.73. The first kappa shape index (κ1) is 22.0. The van der Waals surface area contributed by atoms with E-state index in [1.54, 1.807) is 18.2 Å². The zero-order chi connectivity index (χ0) is 19.5. The van der Waals surface area contributed by atoms with Crippen LogP contribution in [0.1, 0.15) is 63.7 Å². The molecule has 1 rings (SSSR count). The number of hydrogen-bond donors (Lipinski definition) is 2. The summed E-state index contributed by atoms with van der Waals surface area (Å²) in [7, 11) is 0. The lowest BCUT2D eigenvalue weighted by Crippen LogP contribution is -2.08.